The van der Waals surface area contributed by atoms with Gasteiger partial charge in [0.05, 0.1) is 0 Å². The zero-order valence-electron chi connectivity index (χ0n) is 9.86. The molecule has 0 spiro atoms. The molecule has 0 heterocycles. The van der Waals surface area contributed by atoms with Crippen LogP contribution < -0.4 is 0 Å². The van der Waals surface area contributed by atoms with Crippen molar-refractivity contribution in [3.05, 3.63) is 23.8 Å². The quantitative estimate of drug-likeness (QED) is 0.552. The average Bonchev–Trinajstić information content (AvgIpc) is 2.59. The van der Waals surface area contributed by atoms with E-state index in [1.165, 1.54) is 12.1 Å². The molecule has 0 radical (unpaired) electrons. The summed E-state index contributed by atoms with van der Waals surface area (Å²) < 4.78 is 0. The summed E-state index contributed by atoms with van der Waals surface area (Å²) in [7, 11) is 0. The van der Waals surface area contributed by atoms with Crippen LogP contribution in [0.2, 0.25) is 0 Å². The fourth-order valence-electron chi connectivity index (χ4n) is 1.44. The number of allylic oxidation sites excluding steroid dienone is 3. The molecule has 0 aromatic heterocycles. The predicted octanol–water partition coefficient (Wildman–Crippen LogP) is 3.67. The Kier molecular flexibility index (Phi) is 25.8. The molecule has 0 bridgehead atoms. The third-order valence-electron chi connectivity index (χ3n) is 2.36. The minimum absolute atomic E-state index is 0. The normalized spacial score (nSPS) is 11.8. The van der Waals surface area contributed by atoms with Crippen molar-refractivity contribution in [2.75, 3.05) is 19.6 Å². The minimum atomic E-state index is 0. The summed E-state index contributed by atoms with van der Waals surface area (Å²) >= 11 is 0. The van der Waals surface area contributed by atoms with Crippen LogP contribution in [0.1, 0.15) is 26.7 Å². The second-order valence-electron chi connectivity index (χ2n) is 3.09. The Labute approximate surface area is 133 Å². The van der Waals surface area contributed by atoms with E-state index in [4.69, 9.17) is 0 Å². The van der Waals surface area contributed by atoms with Crippen molar-refractivity contribution in [3.8, 4) is 0 Å². The summed E-state index contributed by atoms with van der Waals surface area (Å²) in [6.45, 7) is 7.93. The van der Waals surface area contributed by atoms with E-state index in [0.717, 1.165) is 25.9 Å². The Morgan fingerprint density at radius 2 is 1.75 bits per heavy atom. The van der Waals surface area contributed by atoms with E-state index < -0.39 is 0 Å². The third-order valence-corrected chi connectivity index (χ3v) is 2.36. The molecule has 0 aromatic rings. The molecule has 0 unspecified atom stereocenters. The molecule has 0 aromatic carbocycles. The van der Waals surface area contributed by atoms with E-state index in [0.29, 0.717) is 0 Å². The number of rotatable bonds is 5. The molecule has 0 saturated carbocycles. The molecule has 16 heavy (non-hydrogen) atoms. The Morgan fingerprint density at radius 3 is 2.12 bits per heavy atom. The number of nitrogens with zero attached hydrogens (tertiary/aromatic N) is 1. The van der Waals surface area contributed by atoms with Crippen molar-refractivity contribution in [3.63, 3.8) is 0 Å². The molecular weight excluding hydrogens is 300 g/mol. The van der Waals surface area contributed by atoms with Crippen molar-refractivity contribution in [1.82, 2.24) is 4.90 Å². The predicted molar refractivity (Wildman–Crippen MR) is 74.7 cm³/mol. The molecule has 0 fully saturated rings. The van der Waals surface area contributed by atoms with Crippen LogP contribution in [0, 0.1) is 6.08 Å². The second-order valence-corrected chi connectivity index (χ2v) is 3.09. The molecule has 1 aliphatic carbocycles. The largest absolute Gasteiger partial charge is 0.304 e. The monoisotopic (exact) mass is 320 g/mol. The van der Waals surface area contributed by atoms with E-state index in [1.54, 1.807) is 0 Å². The fourth-order valence-corrected chi connectivity index (χ4v) is 1.44. The van der Waals surface area contributed by atoms with Gasteiger partial charge in [-0.05, 0) is 26.1 Å². The van der Waals surface area contributed by atoms with Gasteiger partial charge in [0.15, 0.2) is 0 Å². The van der Waals surface area contributed by atoms with Crippen LogP contribution in [0.4, 0.5) is 0 Å². The molecule has 0 N–H and O–H groups in total. The Morgan fingerprint density at radius 1 is 1.19 bits per heavy atom. The standard InChI is InChI=1S/C11H18N.3ClH.Ti/c1-3-12(4-2)10-9-11-7-5-6-8-11;;;;/h5,7H,3-4,6,9-10H2,1-2H3;3*1H;/q-1;;;;. The smallest absolute Gasteiger partial charge is 0 e. The summed E-state index contributed by atoms with van der Waals surface area (Å²) in [5.74, 6) is 0. The van der Waals surface area contributed by atoms with E-state index in [1.807, 2.05) is 0 Å². The maximum atomic E-state index is 3.34. The van der Waals surface area contributed by atoms with Gasteiger partial charge in [-0.1, -0.05) is 13.8 Å². The van der Waals surface area contributed by atoms with Gasteiger partial charge in [0.25, 0.3) is 0 Å². The van der Waals surface area contributed by atoms with Gasteiger partial charge >= 0.3 is 0 Å². The first-order chi connectivity index (χ1) is 5.86. The van der Waals surface area contributed by atoms with Gasteiger partial charge < -0.3 is 4.90 Å². The molecular formula is C11H21Cl3NTi-. The summed E-state index contributed by atoms with van der Waals surface area (Å²) in [4.78, 5) is 2.45. The molecule has 5 heteroatoms. The first kappa shape index (κ1) is 25.8. The van der Waals surface area contributed by atoms with Crippen LogP contribution >= 0.6 is 37.2 Å². The first-order valence-electron chi connectivity index (χ1n) is 4.85. The summed E-state index contributed by atoms with van der Waals surface area (Å²) in [5, 5.41) is 0. The van der Waals surface area contributed by atoms with Crippen molar-refractivity contribution in [2.24, 2.45) is 0 Å². The van der Waals surface area contributed by atoms with E-state index in [9.17, 15) is 0 Å². The van der Waals surface area contributed by atoms with E-state index in [2.05, 4.69) is 37.0 Å². The zero-order valence-corrected chi connectivity index (χ0v) is 13.9. The molecule has 0 atom stereocenters. The molecule has 96 valence electrons. The van der Waals surface area contributed by atoms with Crippen LogP contribution in [0.5, 0.6) is 0 Å². The van der Waals surface area contributed by atoms with Crippen molar-refractivity contribution in [1.29, 1.82) is 0 Å². The molecule has 1 nitrogen and oxygen atoms in total. The van der Waals surface area contributed by atoms with Crippen molar-refractivity contribution >= 4 is 37.2 Å². The second kappa shape index (κ2) is 16.0. The van der Waals surface area contributed by atoms with Gasteiger partial charge in [-0.2, -0.15) is 6.08 Å². The van der Waals surface area contributed by atoms with Crippen LogP contribution in [0.15, 0.2) is 17.7 Å². The number of hydrogen-bond donors (Lipinski definition) is 0. The summed E-state index contributed by atoms with van der Waals surface area (Å²) in [5.41, 5.74) is 1.39. The van der Waals surface area contributed by atoms with Gasteiger partial charge in [-0.3, -0.25) is 6.08 Å². The van der Waals surface area contributed by atoms with Crippen LogP contribution in [0.25, 0.3) is 0 Å². The van der Waals surface area contributed by atoms with Crippen LogP contribution in [0.3, 0.4) is 0 Å². The van der Waals surface area contributed by atoms with Crippen molar-refractivity contribution < 1.29 is 21.7 Å². The molecule has 1 rings (SSSR count). The zero-order chi connectivity index (χ0) is 8.81. The maximum absolute atomic E-state index is 3.34. The molecule has 0 saturated heterocycles. The maximum Gasteiger partial charge on any atom is 0 e. The SMILES string of the molecule is CCN(CC)CCC1=[C-]CC=C1.Cl.Cl.Cl.[Ti]. The van der Waals surface area contributed by atoms with Crippen molar-refractivity contribution in [2.45, 2.75) is 26.7 Å². The number of halogens is 3. The van der Waals surface area contributed by atoms with Crippen LogP contribution in [-0.2, 0) is 21.7 Å². The van der Waals surface area contributed by atoms with E-state index in [-0.39, 0.29) is 58.9 Å². The topological polar surface area (TPSA) is 3.24 Å². The Hall–Kier alpha value is 1.02. The van der Waals surface area contributed by atoms with Gasteiger partial charge in [0, 0.05) is 21.7 Å². The Bertz CT molecular complexity index is 192. The molecule has 0 amide bonds. The first-order valence-corrected chi connectivity index (χ1v) is 4.85. The molecule has 0 aliphatic heterocycles. The van der Waals surface area contributed by atoms with Gasteiger partial charge in [-0.25, -0.2) is 11.6 Å². The fraction of sp³-hybridized carbons (Fsp3) is 0.636. The average molecular weight is 322 g/mol. The Balaban J connectivity index is -0.000000180. The van der Waals surface area contributed by atoms with Gasteiger partial charge in [0.2, 0.25) is 0 Å². The van der Waals surface area contributed by atoms with Crippen LogP contribution in [-0.4, -0.2) is 24.5 Å². The molecule has 1 aliphatic rings. The number of hydrogen-bond acceptors (Lipinski definition) is 1. The minimum Gasteiger partial charge on any atom is -0.304 e. The van der Waals surface area contributed by atoms with Gasteiger partial charge in [0.1, 0.15) is 0 Å². The summed E-state index contributed by atoms with van der Waals surface area (Å²) in [6, 6.07) is 0. The van der Waals surface area contributed by atoms with E-state index >= 15 is 0 Å². The summed E-state index contributed by atoms with van der Waals surface area (Å²) in [6.07, 6.45) is 9.90. The van der Waals surface area contributed by atoms with Gasteiger partial charge in [-0.15, -0.1) is 43.6 Å². The third kappa shape index (κ3) is 10.2.